The molecule has 9 aromatic rings. The smallest absolute Gasteiger partial charge is 0.310 e. The molecule has 5 aromatic carbocycles. The van der Waals surface area contributed by atoms with Gasteiger partial charge >= 0.3 is 5.84 Å². The molecule has 7 nitrogen and oxygen atoms in total. The Morgan fingerprint density at radius 2 is 1.27 bits per heavy atom. The first kappa shape index (κ1) is 22.0. The molecule has 41 heavy (non-hydrogen) atoms. The van der Waals surface area contributed by atoms with Gasteiger partial charge in [-0.05, 0) is 36.4 Å². The molecule has 0 unspecified atom stereocenters. The summed E-state index contributed by atoms with van der Waals surface area (Å²) in [4.78, 5) is 27.2. The molecule has 0 radical (unpaired) electrons. The first-order chi connectivity index (χ1) is 20.2. The second kappa shape index (κ2) is 8.09. The van der Waals surface area contributed by atoms with Gasteiger partial charge in [-0.25, -0.2) is 9.97 Å². The number of para-hydroxylation sites is 3. The average Bonchev–Trinajstić information content (AvgIpc) is 3.54. The molecule has 0 aliphatic carbocycles. The van der Waals surface area contributed by atoms with Crippen LogP contribution in [0.5, 0.6) is 0 Å². The van der Waals surface area contributed by atoms with Crippen LogP contribution in [-0.2, 0) is 0 Å². The number of hydrogen-bond donors (Lipinski definition) is 0. The van der Waals surface area contributed by atoms with Gasteiger partial charge in [0.25, 0.3) is 5.56 Å². The van der Waals surface area contributed by atoms with Crippen LogP contribution in [0, 0.1) is 0 Å². The number of nitrogens with zero attached hydrogens (tertiary/aromatic N) is 5. The molecule has 0 saturated heterocycles. The first-order valence-corrected chi connectivity index (χ1v) is 13.3. The van der Waals surface area contributed by atoms with Crippen molar-refractivity contribution in [2.24, 2.45) is 0 Å². The van der Waals surface area contributed by atoms with E-state index in [4.69, 9.17) is 14.4 Å². The molecule has 0 bridgehead atoms. The molecule has 0 spiro atoms. The van der Waals surface area contributed by atoms with E-state index in [2.05, 4.69) is 45.9 Å². The van der Waals surface area contributed by atoms with Crippen molar-refractivity contribution in [3.05, 3.63) is 126 Å². The minimum absolute atomic E-state index is 0.264. The van der Waals surface area contributed by atoms with Crippen LogP contribution in [0.15, 0.2) is 124 Å². The topological polar surface area (TPSA) is 78.2 Å². The average molecular weight is 530 g/mol. The molecule has 4 heterocycles. The Morgan fingerprint density at radius 1 is 0.561 bits per heavy atom. The number of hydrogen-bond acceptors (Lipinski definition) is 5. The van der Waals surface area contributed by atoms with Crippen molar-refractivity contribution in [3.8, 4) is 17.2 Å². The maximum Gasteiger partial charge on any atom is 0.310 e. The SMILES string of the molecule is O=c1nc2oc3cc4c5ccccc5n(-c5nc(-c6ccccc6)c6ccccc6n5)c4cc3n2c2ccccc12. The summed E-state index contributed by atoms with van der Waals surface area (Å²) in [6.45, 7) is 0. The predicted molar refractivity (Wildman–Crippen MR) is 162 cm³/mol. The fraction of sp³-hybridized carbons (Fsp3) is 0. The summed E-state index contributed by atoms with van der Waals surface area (Å²) in [5.41, 5.74) is 6.58. The van der Waals surface area contributed by atoms with Crippen molar-refractivity contribution >= 4 is 60.6 Å². The molecule has 9 rings (SSSR count). The summed E-state index contributed by atoms with van der Waals surface area (Å²) >= 11 is 0. The molecule has 0 atom stereocenters. The minimum atomic E-state index is -0.308. The third-order valence-electron chi connectivity index (χ3n) is 7.80. The highest BCUT2D eigenvalue weighted by molar-refractivity contribution is 6.13. The number of benzene rings is 5. The quantitative estimate of drug-likeness (QED) is 0.235. The Balaban J connectivity index is 1.44. The molecule has 0 N–H and O–H groups in total. The second-order valence-electron chi connectivity index (χ2n) is 10.1. The fourth-order valence-electron chi connectivity index (χ4n) is 5.99. The molecular formula is C34H19N5O2. The molecule has 0 fully saturated rings. The van der Waals surface area contributed by atoms with E-state index in [0.717, 1.165) is 55.0 Å². The Kier molecular flexibility index (Phi) is 4.35. The standard InChI is InChI=1S/C34H19N5O2/c40-32-23-14-6-9-17-27(23)39-29-19-28-24(18-30(29)41-34(39)37-32)21-12-5-8-16-26(21)38(28)33-35-25-15-7-4-13-22(25)31(36-33)20-10-2-1-3-11-20/h1-19H. The Morgan fingerprint density at radius 3 is 2.12 bits per heavy atom. The molecule has 0 aliphatic heterocycles. The fourth-order valence-corrected chi connectivity index (χ4v) is 5.99. The van der Waals surface area contributed by atoms with E-state index in [0.29, 0.717) is 16.9 Å². The van der Waals surface area contributed by atoms with Gasteiger partial charge in [-0.1, -0.05) is 78.9 Å². The van der Waals surface area contributed by atoms with Crippen LogP contribution < -0.4 is 5.56 Å². The third-order valence-corrected chi connectivity index (χ3v) is 7.80. The zero-order valence-corrected chi connectivity index (χ0v) is 21.5. The molecule has 0 saturated carbocycles. The summed E-state index contributed by atoms with van der Waals surface area (Å²) in [6, 6.07) is 38.1. The highest BCUT2D eigenvalue weighted by Gasteiger charge is 2.20. The molecule has 4 aromatic heterocycles. The molecule has 7 heteroatoms. The highest BCUT2D eigenvalue weighted by atomic mass is 16.4. The van der Waals surface area contributed by atoms with E-state index in [1.165, 1.54) is 0 Å². The van der Waals surface area contributed by atoms with E-state index < -0.39 is 0 Å². The van der Waals surface area contributed by atoms with Crippen molar-refractivity contribution in [1.82, 2.24) is 23.9 Å². The van der Waals surface area contributed by atoms with Gasteiger partial charge in [-0.2, -0.15) is 4.98 Å². The zero-order valence-electron chi connectivity index (χ0n) is 21.5. The van der Waals surface area contributed by atoms with Crippen LogP contribution in [0.4, 0.5) is 0 Å². The largest absolute Gasteiger partial charge is 0.423 e. The summed E-state index contributed by atoms with van der Waals surface area (Å²) in [6.07, 6.45) is 0. The van der Waals surface area contributed by atoms with Crippen molar-refractivity contribution in [3.63, 3.8) is 0 Å². The summed E-state index contributed by atoms with van der Waals surface area (Å²) in [5, 5.41) is 3.58. The molecule has 0 aliphatic rings. The maximum absolute atomic E-state index is 12.7. The molecule has 192 valence electrons. The van der Waals surface area contributed by atoms with Crippen molar-refractivity contribution in [2.45, 2.75) is 0 Å². The van der Waals surface area contributed by atoms with Gasteiger partial charge in [0.15, 0.2) is 5.58 Å². The summed E-state index contributed by atoms with van der Waals surface area (Å²) in [7, 11) is 0. The highest BCUT2D eigenvalue weighted by Crippen LogP contribution is 2.36. The lowest BCUT2D eigenvalue weighted by atomic mass is 10.1. The van der Waals surface area contributed by atoms with Gasteiger partial charge in [0.05, 0.1) is 38.7 Å². The number of oxazole rings is 1. The van der Waals surface area contributed by atoms with E-state index in [1.807, 2.05) is 77.2 Å². The van der Waals surface area contributed by atoms with Crippen molar-refractivity contribution < 1.29 is 4.42 Å². The maximum atomic E-state index is 12.7. The lowest BCUT2D eigenvalue weighted by Crippen LogP contribution is -2.09. The van der Waals surface area contributed by atoms with Gasteiger partial charge < -0.3 is 4.42 Å². The van der Waals surface area contributed by atoms with Gasteiger partial charge in [-0.15, -0.1) is 0 Å². The first-order valence-electron chi connectivity index (χ1n) is 13.3. The van der Waals surface area contributed by atoms with Crippen LogP contribution in [0.25, 0.3) is 77.8 Å². The van der Waals surface area contributed by atoms with Gasteiger partial charge in [0.1, 0.15) is 0 Å². The predicted octanol–water partition coefficient (Wildman–Crippen LogP) is 7.30. The van der Waals surface area contributed by atoms with Crippen LogP contribution in [-0.4, -0.2) is 23.9 Å². The van der Waals surface area contributed by atoms with Gasteiger partial charge in [0.2, 0.25) is 5.95 Å². The van der Waals surface area contributed by atoms with Crippen LogP contribution in [0.2, 0.25) is 0 Å². The monoisotopic (exact) mass is 529 g/mol. The number of rotatable bonds is 2. The molecule has 0 amide bonds. The third kappa shape index (κ3) is 3.08. The van der Waals surface area contributed by atoms with E-state index in [-0.39, 0.29) is 11.4 Å². The summed E-state index contributed by atoms with van der Waals surface area (Å²) in [5.74, 6) is 0.844. The number of fused-ring (bicyclic) bond motifs is 9. The van der Waals surface area contributed by atoms with Crippen LogP contribution in [0.1, 0.15) is 0 Å². The Labute approximate surface area is 231 Å². The Bertz CT molecular complexity index is 2560. The van der Waals surface area contributed by atoms with E-state index in [1.54, 1.807) is 6.07 Å². The summed E-state index contributed by atoms with van der Waals surface area (Å²) < 4.78 is 10.2. The van der Waals surface area contributed by atoms with Crippen LogP contribution >= 0.6 is 0 Å². The second-order valence-corrected chi connectivity index (χ2v) is 10.1. The van der Waals surface area contributed by atoms with Gasteiger partial charge in [-0.3, -0.25) is 13.8 Å². The minimum Gasteiger partial charge on any atom is -0.423 e. The lowest BCUT2D eigenvalue weighted by molar-refractivity contribution is 0.637. The zero-order chi connectivity index (χ0) is 27.1. The van der Waals surface area contributed by atoms with Crippen molar-refractivity contribution in [2.75, 3.05) is 0 Å². The lowest BCUT2D eigenvalue weighted by Gasteiger charge is -2.11. The number of aromatic nitrogens is 5. The normalized spacial score (nSPS) is 12.0. The van der Waals surface area contributed by atoms with Crippen molar-refractivity contribution in [1.29, 1.82) is 0 Å². The van der Waals surface area contributed by atoms with E-state index >= 15 is 0 Å². The molecular weight excluding hydrogens is 510 g/mol. The van der Waals surface area contributed by atoms with E-state index in [9.17, 15) is 4.79 Å². The Hall–Kier alpha value is -5.82. The van der Waals surface area contributed by atoms with Gasteiger partial charge in [0, 0.05) is 21.7 Å². The van der Waals surface area contributed by atoms with Crippen LogP contribution in [0.3, 0.4) is 0 Å².